The minimum atomic E-state index is 0.0143. The smallest absolute Gasteiger partial charge is 0.119 e. The van der Waals surface area contributed by atoms with Crippen LogP contribution in [0, 0.1) is 0 Å². The lowest BCUT2D eigenvalue weighted by molar-refractivity contribution is 0.340. The number of hydrogen-bond donors (Lipinski definition) is 1. The third kappa shape index (κ3) is 3.50. The van der Waals surface area contributed by atoms with Crippen molar-refractivity contribution < 1.29 is 4.74 Å². The van der Waals surface area contributed by atoms with Gasteiger partial charge in [0.2, 0.25) is 0 Å². The molecule has 15 heavy (non-hydrogen) atoms. The van der Waals surface area contributed by atoms with Gasteiger partial charge < -0.3 is 10.5 Å². The molecule has 2 atom stereocenters. The molecule has 1 aromatic rings. The zero-order valence-corrected chi connectivity index (χ0v) is 10.8. The fourth-order valence-corrected chi connectivity index (χ4v) is 2.30. The van der Waals surface area contributed by atoms with Gasteiger partial charge in [-0.25, -0.2) is 0 Å². The molecule has 1 rings (SSSR count). The molecule has 84 valence electrons. The Labute approximate surface area is 99.9 Å². The molecule has 0 bridgehead atoms. The highest BCUT2D eigenvalue weighted by atomic mass is 79.9. The summed E-state index contributed by atoms with van der Waals surface area (Å²) in [5.74, 6) is 1.28. The maximum absolute atomic E-state index is 5.86. The molecule has 0 aliphatic carbocycles. The third-order valence-corrected chi connectivity index (χ3v) is 3.08. The summed E-state index contributed by atoms with van der Waals surface area (Å²) in [6.45, 7) is 4.83. The molecule has 2 unspecified atom stereocenters. The van der Waals surface area contributed by atoms with Gasteiger partial charge in [-0.15, -0.1) is 0 Å². The monoisotopic (exact) mass is 271 g/mol. The molecule has 0 fully saturated rings. The molecule has 0 heterocycles. The highest BCUT2D eigenvalue weighted by Crippen LogP contribution is 2.26. The van der Waals surface area contributed by atoms with Crippen LogP contribution in [0.5, 0.6) is 5.75 Å². The molecule has 2 nitrogen and oxygen atoms in total. The molecular weight excluding hydrogens is 254 g/mol. The van der Waals surface area contributed by atoms with Crippen molar-refractivity contribution in [1.82, 2.24) is 0 Å². The first-order valence-corrected chi connectivity index (χ1v) is 6.23. The van der Waals surface area contributed by atoms with Gasteiger partial charge in [-0.1, -0.05) is 35.0 Å². The second-order valence-corrected chi connectivity index (χ2v) is 4.52. The Bertz CT molecular complexity index is 284. The van der Waals surface area contributed by atoms with Gasteiger partial charge in [-0.05, 0) is 31.0 Å². The molecule has 0 aliphatic rings. The molecule has 1 aromatic carbocycles. The molecule has 0 spiro atoms. The predicted molar refractivity (Wildman–Crippen MR) is 67.5 cm³/mol. The van der Waals surface area contributed by atoms with E-state index in [9.17, 15) is 0 Å². The molecule has 0 saturated carbocycles. The normalized spacial score (nSPS) is 14.7. The van der Waals surface area contributed by atoms with Gasteiger partial charge in [0, 0.05) is 5.92 Å². The Balaban J connectivity index is 2.77. The molecular formula is C12H18BrNO. The molecule has 0 aromatic heterocycles. The van der Waals surface area contributed by atoms with Crippen LogP contribution in [0.25, 0.3) is 0 Å². The molecule has 0 radical (unpaired) electrons. The summed E-state index contributed by atoms with van der Waals surface area (Å²) in [5, 5.41) is 0. The van der Waals surface area contributed by atoms with E-state index in [0.717, 1.165) is 12.2 Å². The Morgan fingerprint density at radius 3 is 2.27 bits per heavy atom. The van der Waals surface area contributed by atoms with Crippen LogP contribution in [0.2, 0.25) is 0 Å². The topological polar surface area (TPSA) is 35.2 Å². The number of hydrogen-bond acceptors (Lipinski definition) is 2. The van der Waals surface area contributed by atoms with Gasteiger partial charge in [0.1, 0.15) is 5.75 Å². The van der Waals surface area contributed by atoms with Crippen molar-refractivity contribution in [1.29, 1.82) is 0 Å². The molecule has 2 N–H and O–H groups in total. The van der Waals surface area contributed by atoms with Gasteiger partial charge in [0.25, 0.3) is 0 Å². The van der Waals surface area contributed by atoms with E-state index in [0.29, 0.717) is 12.5 Å². The quantitative estimate of drug-likeness (QED) is 0.659. The second kappa shape index (κ2) is 6.13. The largest absolute Gasteiger partial charge is 0.494 e. The van der Waals surface area contributed by atoms with Crippen LogP contribution in [0.1, 0.15) is 31.7 Å². The number of halogens is 1. The van der Waals surface area contributed by atoms with Crippen LogP contribution in [0.4, 0.5) is 0 Å². The number of ether oxygens (including phenoxy) is 1. The van der Waals surface area contributed by atoms with Gasteiger partial charge in [0.15, 0.2) is 0 Å². The minimum absolute atomic E-state index is 0.0143. The number of nitrogens with two attached hydrogens (primary N) is 1. The van der Waals surface area contributed by atoms with Gasteiger partial charge in [-0.2, -0.15) is 0 Å². The average Bonchev–Trinajstić information content (AvgIpc) is 2.21. The van der Waals surface area contributed by atoms with Crippen LogP contribution in [0.15, 0.2) is 24.3 Å². The SMILES string of the molecule is CCOc1ccc(C(CC)C(N)Br)cc1. The highest BCUT2D eigenvalue weighted by molar-refractivity contribution is 9.09. The second-order valence-electron chi connectivity index (χ2n) is 3.46. The molecule has 0 aliphatic heterocycles. The van der Waals surface area contributed by atoms with E-state index in [4.69, 9.17) is 10.5 Å². The Kier molecular flexibility index (Phi) is 5.12. The predicted octanol–water partition coefficient (Wildman–Crippen LogP) is 3.26. The fraction of sp³-hybridized carbons (Fsp3) is 0.500. The first-order chi connectivity index (χ1) is 7.19. The number of benzene rings is 1. The van der Waals surface area contributed by atoms with E-state index in [1.165, 1.54) is 5.56 Å². The first kappa shape index (κ1) is 12.5. The lowest BCUT2D eigenvalue weighted by Gasteiger charge is -2.18. The standard InChI is InChI=1S/C12H18BrNO/c1-3-11(12(13)14)9-5-7-10(8-6-9)15-4-2/h5-8,11-12H,3-4,14H2,1-2H3. The lowest BCUT2D eigenvalue weighted by Crippen LogP contribution is -2.20. The summed E-state index contributed by atoms with van der Waals surface area (Å²) in [5.41, 5.74) is 7.12. The first-order valence-electron chi connectivity index (χ1n) is 5.31. The lowest BCUT2D eigenvalue weighted by atomic mass is 9.97. The molecule has 3 heteroatoms. The van der Waals surface area contributed by atoms with Gasteiger partial charge in [0.05, 0.1) is 11.6 Å². The van der Waals surface area contributed by atoms with Crippen LogP contribution in [0.3, 0.4) is 0 Å². The fourth-order valence-electron chi connectivity index (χ4n) is 1.62. The van der Waals surface area contributed by atoms with Crippen molar-refractivity contribution in [2.24, 2.45) is 5.73 Å². The van der Waals surface area contributed by atoms with Gasteiger partial charge >= 0.3 is 0 Å². The summed E-state index contributed by atoms with van der Waals surface area (Å²) in [4.78, 5) is 0.0143. The van der Waals surface area contributed by atoms with E-state index in [1.807, 2.05) is 19.1 Å². The minimum Gasteiger partial charge on any atom is -0.494 e. The van der Waals surface area contributed by atoms with Crippen LogP contribution < -0.4 is 10.5 Å². The van der Waals surface area contributed by atoms with E-state index >= 15 is 0 Å². The van der Waals surface area contributed by atoms with Crippen molar-refractivity contribution in [3.05, 3.63) is 29.8 Å². The maximum Gasteiger partial charge on any atom is 0.119 e. The molecule has 0 amide bonds. The van der Waals surface area contributed by atoms with Crippen LogP contribution >= 0.6 is 15.9 Å². The Morgan fingerprint density at radius 2 is 1.87 bits per heavy atom. The summed E-state index contributed by atoms with van der Waals surface area (Å²) in [6, 6.07) is 8.16. The average molecular weight is 272 g/mol. The van der Waals surface area contributed by atoms with E-state index in [-0.39, 0.29) is 4.95 Å². The number of rotatable bonds is 5. The van der Waals surface area contributed by atoms with Gasteiger partial charge in [-0.3, -0.25) is 0 Å². The van der Waals surface area contributed by atoms with Crippen molar-refractivity contribution in [2.75, 3.05) is 6.61 Å². The summed E-state index contributed by atoms with van der Waals surface area (Å²) < 4.78 is 5.39. The zero-order valence-electron chi connectivity index (χ0n) is 9.24. The molecule has 0 saturated heterocycles. The maximum atomic E-state index is 5.86. The van der Waals surface area contributed by atoms with Crippen molar-refractivity contribution in [3.63, 3.8) is 0 Å². The summed E-state index contributed by atoms with van der Waals surface area (Å²) in [7, 11) is 0. The number of alkyl halides is 1. The van der Waals surface area contributed by atoms with Crippen molar-refractivity contribution in [2.45, 2.75) is 31.1 Å². The van der Waals surface area contributed by atoms with E-state index < -0.39 is 0 Å². The third-order valence-electron chi connectivity index (χ3n) is 2.44. The van der Waals surface area contributed by atoms with Crippen molar-refractivity contribution in [3.8, 4) is 5.75 Å². The van der Waals surface area contributed by atoms with Crippen LogP contribution in [-0.4, -0.2) is 11.6 Å². The van der Waals surface area contributed by atoms with Crippen LogP contribution in [-0.2, 0) is 0 Å². The Hall–Kier alpha value is -0.540. The van der Waals surface area contributed by atoms with E-state index in [1.54, 1.807) is 0 Å². The summed E-state index contributed by atoms with van der Waals surface area (Å²) in [6.07, 6.45) is 1.03. The zero-order chi connectivity index (χ0) is 11.3. The van der Waals surface area contributed by atoms with Crippen molar-refractivity contribution >= 4 is 15.9 Å². The summed E-state index contributed by atoms with van der Waals surface area (Å²) >= 11 is 3.43. The van der Waals surface area contributed by atoms with E-state index in [2.05, 4.69) is 35.0 Å². The highest BCUT2D eigenvalue weighted by Gasteiger charge is 2.14. The Morgan fingerprint density at radius 1 is 1.27 bits per heavy atom.